The SMILES string of the molecule is CCCC[C@]1(O)CC[C@@]2(CCN(c3ccc([C@@H](O)C(F)(F)F)cc3)C2=O)CC1. The Morgan fingerprint density at radius 1 is 1.11 bits per heavy atom. The monoisotopic (exact) mass is 399 g/mol. The standard InChI is InChI=1S/C21H28F3NO3/c1-2-3-8-20(28)11-9-19(10-12-20)13-14-25(18(19)27)16-6-4-15(5-7-16)17(26)21(22,23)24/h4-7,17,26,28H,2-3,8-14H2,1H3/t17-,19-,20-/m1/s1. The largest absolute Gasteiger partial charge is 0.418 e. The topological polar surface area (TPSA) is 60.8 Å². The number of rotatable bonds is 5. The molecule has 1 aliphatic heterocycles. The lowest BCUT2D eigenvalue weighted by Crippen LogP contribution is -2.43. The molecule has 3 rings (SSSR count). The molecular formula is C21H28F3NO3. The fourth-order valence-electron chi connectivity index (χ4n) is 4.51. The van der Waals surface area contributed by atoms with Gasteiger partial charge in [-0.2, -0.15) is 13.2 Å². The van der Waals surface area contributed by atoms with Crippen molar-refractivity contribution in [3.05, 3.63) is 29.8 Å². The number of carbonyl (C=O) groups excluding carboxylic acids is 1. The summed E-state index contributed by atoms with van der Waals surface area (Å²) in [5.41, 5.74) is -0.837. The van der Waals surface area contributed by atoms with Crippen LogP contribution in [0.2, 0.25) is 0 Å². The number of anilines is 1. The van der Waals surface area contributed by atoms with Gasteiger partial charge in [0.15, 0.2) is 6.10 Å². The second-order valence-corrected chi connectivity index (χ2v) is 8.35. The number of aliphatic hydroxyl groups is 2. The molecule has 0 bridgehead atoms. The molecule has 1 spiro atoms. The molecule has 7 heteroatoms. The van der Waals surface area contributed by atoms with E-state index >= 15 is 0 Å². The fraction of sp³-hybridized carbons (Fsp3) is 0.667. The van der Waals surface area contributed by atoms with Gasteiger partial charge in [0.2, 0.25) is 5.91 Å². The average molecular weight is 399 g/mol. The van der Waals surface area contributed by atoms with E-state index in [9.17, 15) is 28.2 Å². The van der Waals surface area contributed by atoms with Gasteiger partial charge in [0.25, 0.3) is 0 Å². The van der Waals surface area contributed by atoms with E-state index in [1.807, 2.05) is 0 Å². The van der Waals surface area contributed by atoms with Crippen LogP contribution in [0.1, 0.15) is 70.0 Å². The number of hydrogen-bond donors (Lipinski definition) is 2. The van der Waals surface area contributed by atoms with E-state index in [4.69, 9.17) is 0 Å². The van der Waals surface area contributed by atoms with Gasteiger partial charge in [0.05, 0.1) is 11.0 Å². The molecule has 2 fully saturated rings. The van der Waals surface area contributed by atoms with Crippen LogP contribution >= 0.6 is 0 Å². The normalized spacial score (nSPS) is 29.5. The zero-order chi connectivity index (χ0) is 20.6. The van der Waals surface area contributed by atoms with E-state index in [0.717, 1.165) is 19.3 Å². The highest BCUT2D eigenvalue weighted by molar-refractivity contribution is 6.00. The number of nitrogens with zero attached hydrogens (tertiary/aromatic N) is 1. The number of alkyl halides is 3. The first-order valence-corrected chi connectivity index (χ1v) is 9.99. The summed E-state index contributed by atoms with van der Waals surface area (Å²) in [6.45, 7) is 2.61. The van der Waals surface area contributed by atoms with Crippen molar-refractivity contribution in [3.8, 4) is 0 Å². The van der Waals surface area contributed by atoms with Crippen LogP contribution in [-0.4, -0.2) is 34.4 Å². The molecular weight excluding hydrogens is 371 g/mol. The Bertz CT molecular complexity index is 694. The van der Waals surface area contributed by atoms with Gasteiger partial charge < -0.3 is 15.1 Å². The number of aliphatic hydroxyl groups excluding tert-OH is 1. The first-order valence-electron chi connectivity index (χ1n) is 9.99. The smallest absolute Gasteiger partial charge is 0.390 e. The van der Waals surface area contributed by atoms with Crippen LogP contribution in [0.4, 0.5) is 18.9 Å². The molecule has 4 nitrogen and oxygen atoms in total. The van der Waals surface area contributed by atoms with Crippen LogP contribution in [0.5, 0.6) is 0 Å². The number of unbranched alkanes of at least 4 members (excludes halogenated alkanes) is 1. The van der Waals surface area contributed by atoms with Gasteiger partial charge in [-0.25, -0.2) is 0 Å². The molecule has 2 aliphatic rings. The molecule has 1 aliphatic carbocycles. The Balaban J connectivity index is 1.68. The highest BCUT2D eigenvalue weighted by atomic mass is 19.4. The number of halogens is 3. The van der Waals surface area contributed by atoms with Gasteiger partial charge in [-0.1, -0.05) is 31.9 Å². The zero-order valence-electron chi connectivity index (χ0n) is 16.1. The van der Waals surface area contributed by atoms with E-state index < -0.39 is 23.3 Å². The first kappa shape index (κ1) is 21.1. The highest BCUT2D eigenvalue weighted by Crippen LogP contribution is 2.49. The lowest BCUT2D eigenvalue weighted by Gasteiger charge is -2.41. The fourth-order valence-corrected chi connectivity index (χ4v) is 4.51. The van der Waals surface area contributed by atoms with Crippen molar-refractivity contribution in [2.45, 2.75) is 76.2 Å². The van der Waals surface area contributed by atoms with Crippen molar-refractivity contribution < 1.29 is 28.2 Å². The van der Waals surface area contributed by atoms with Gasteiger partial charge in [-0.3, -0.25) is 4.79 Å². The zero-order valence-corrected chi connectivity index (χ0v) is 16.1. The van der Waals surface area contributed by atoms with Crippen LogP contribution in [0.25, 0.3) is 0 Å². The van der Waals surface area contributed by atoms with Crippen LogP contribution in [0.3, 0.4) is 0 Å². The number of benzene rings is 1. The van der Waals surface area contributed by atoms with Gasteiger partial charge in [-0.05, 0) is 56.2 Å². The van der Waals surface area contributed by atoms with E-state index in [2.05, 4.69) is 6.92 Å². The first-order chi connectivity index (χ1) is 13.1. The summed E-state index contributed by atoms with van der Waals surface area (Å²) in [4.78, 5) is 14.7. The Labute approximate surface area is 163 Å². The van der Waals surface area contributed by atoms with Crippen molar-refractivity contribution in [3.63, 3.8) is 0 Å². The molecule has 156 valence electrons. The van der Waals surface area contributed by atoms with Crippen molar-refractivity contribution in [1.29, 1.82) is 0 Å². The van der Waals surface area contributed by atoms with Crippen LogP contribution < -0.4 is 4.90 Å². The summed E-state index contributed by atoms with van der Waals surface area (Å²) in [5, 5.41) is 20.1. The molecule has 1 aromatic rings. The lowest BCUT2D eigenvalue weighted by atomic mass is 9.66. The van der Waals surface area contributed by atoms with Crippen molar-refractivity contribution in [2.75, 3.05) is 11.4 Å². The van der Waals surface area contributed by atoms with Gasteiger partial charge >= 0.3 is 6.18 Å². The van der Waals surface area contributed by atoms with E-state index in [-0.39, 0.29) is 11.5 Å². The van der Waals surface area contributed by atoms with Crippen LogP contribution in [0.15, 0.2) is 24.3 Å². The van der Waals surface area contributed by atoms with E-state index in [1.54, 1.807) is 4.90 Å². The summed E-state index contributed by atoms with van der Waals surface area (Å²) >= 11 is 0. The van der Waals surface area contributed by atoms with E-state index in [0.29, 0.717) is 44.3 Å². The summed E-state index contributed by atoms with van der Waals surface area (Å²) in [6, 6.07) is 5.36. The lowest BCUT2D eigenvalue weighted by molar-refractivity contribution is -0.206. The molecule has 1 heterocycles. The third-order valence-corrected chi connectivity index (χ3v) is 6.48. The van der Waals surface area contributed by atoms with Crippen molar-refractivity contribution in [2.24, 2.45) is 5.41 Å². The molecule has 2 N–H and O–H groups in total. The summed E-state index contributed by atoms with van der Waals surface area (Å²) in [6.07, 6.45) is -1.26. The second-order valence-electron chi connectivity index (χ2n) is 8.35. The van der Waals surface area contributed by atoms with Crippen LogP contribution in [-0.2, 0) is 4.79 Å². The van der Waals surface area contributed by atoms with Crippen LogP contribution in [0, 0.1) is 5.41 Å². The molecule has 1 amide bonds. The minimum absolute atomic E-state index is 0.00541. The van der Waals surface area contributed by atoms with E-state index in [1.165, 1.54) is 24.3 Å². The summed E-state index contributed by atoms with van der Waals surface area (Å²) in [5.74, 6) is -0.00541. The molecule has 1 aromatic carbocycles. The Kier molecular flexibility index (Phi) is 5.79. The number of hydrogen-bond acceptors (Lipinski definition) is 3. The molecule has 0 unspecified atom stereocenters. The molecule has 0 aromatic heterocycles. The summed E-state index contributed by atoms with van der Waals surface area (Å²) < 4.78 is 37.9. The third-order valence-electron chi connectivity index (χ3n) is 6.48. The van der Waals surface area contributed by atoms with Crippen molar-refractivity contribution >= 4 is 11.6 Å². The Morgan fingerprint density at radius 2 is 1.71 bits per heavy atom. The van der Waals surface area contributed by atoms with Gasteiger partial charge in [0.1, 0.15) is 0 Å². The maximum atomic E-state index is 13.1. The molecule has 0 radical (unpaired) electrons. The molecule has 1 saturated carbocycles. The Hall–Kier alpha value is -1.60. The quantitative estimate of drug-likeness (QED) is 0.766. The number of carbonyl (C=O) groups is 1. The average Bonchev–Trinajstić information content (AvgIpc) is 2.98. The number of amides is 1. The maximum Gasteiger partial charge on any atom is 0.418 e. The minimum atomic E-state index is -4.72. The second kappa shape index (κ2) is 7.67. The predicted octanol–water partition coefficient (Wildman–Crippen LogP) is 4.50. The predicted molar refractivity (Wildman–Crippen MR) is 99.8 cm³/mol. The minimum Gasteiger partial charge on any atom is -0.390 e. The van der Waals surface area contributed by atoms with Crippen molar-refractivity contribution in [1.82, 2.24) is 0 Å². The van der Waals surface area contributed by atoms with Gasteiger partial charge in [-0.15, -0.1) is 0 Å². The third kappa shape index (κ3) is 4.06. The Morgan fingerprint density at radius 3 is 2.25 bits per heavy atom. The van der Waals surface area contributed by atoms with Gasteiger partial charge in [0, 0.05) is 12.2 Å². The maximum absolute atomic E-state index is 13.1. The summed E-state index contributed by atoms with van der Waals surface area (Å²) in [7, 11) is 0. The molecule has 28 heavy (non-hydrogen) atoms. The molecule has 1 saturated heterocycles. The molecule has 1 atom stereocenters. The highest BCUT2D eigenvalue weighted by Gasteiger charge is 2.51.